The lowest BCUT2D eigenvalue weighted by Crippen LogP contribution is -2.12. The Kier molecular flexibility index (Phi) is 21.5. The average Bonchev–Trinajstić information content (AvgIpc) is 3.71. The fourth-order valence-corrected chi connectivity index (χ4v) is 2.82. The van der Waals surface area contributed by atoms with Gasteiger partial charge in [0.15, 0.2) is 17.3 Å². The van der Waals surface area contributed by atoms with Crippen LogP contribution in [0.5, 0.6) is 0 Å². The molecule has 260 valence electrons. The SMILES string of the molecule is CC(=O)C(C)C.CC(=O)CC(=O)c1ccc(C)[nH]1.CC(=O)[C@@H](C)O.CC(=O)[C@H](C)CC(=O)c1ccc(C)[nH]1.Cc1ccc(C(=O)O)[nH]1. The highest BCUT2D eigenvalue weighted by Crippen LogP contribution is 2.10. The summed E-state index contributed by atoms with van der Waals surface area (Å²) in [5.74, 6) is -1.01. The normalized spacial score (nSPS) is 11.0. The fourth-order valence-electron chi connectivity index (χ4n) is 2.82. The van der Waals surface area contributed by atoms with E-state index in [0.717, 1.165) is 17.1 Å². The van der Waals surface area contributed by atoms with E-state index < -0.39 is 12.1 Å². The molecule has 12 nitrogen and oxygen atoms in total. The van der Waals surface area contributed by atoms with Gasteiger partial charge in [-0.15, -0.1) is 0 Å². The first-order chi connectivity index (χ1) is 21.6. The maximum Gasteiger partial charge on any atom is 0.352 e. The number of ketones is 6. The summed E-state index contributed by atoms with van der Waals surface area (Å²) >= 11 is 0. The number of H-pyrrole nitrogens is 3. The summed E-state index contributed by atoms with van der Waals surface area (Å²) in [6, 6.07) is 10.4. The molecule has 0 saturated carbocycles. The van der Waals surface area contributed by atoms with E-state index in [2.05, 4.69) is 15.0 Å². The van der Waals surface area contributed by atoms with Crippen molar-refractivity contribution in [3.63, 3.8) is 0 Å². The van der Waals surface area contributed by atoms with Crippen LogP contribution in [0.4, 0.5) is 0 Å². The number of hydrogen-bond donors (Lipinski definition) is 5. The lowest BCUT2D eigenvalue weighted by molar-refractivity contribution is -0.124. The van der Waals surface area contributed by atoms with Crippen molar-refractivity contribution >= 4 is 40.7 Å². The molecule has 0 unspecified atom stereocenters. The second kappa shape index (κ2) is 22.7. The predicted octanol–water partition coefficient (Wildman–Crippen LogP) is 5.81. The van der Waals surface area contributed by atoms with Gasteiger partial charge >= 0.3 is 5.97 Å². The quantitative estimate of drug-likeness (QED) is 0.131. The molecule has 3 aromatic heterocycles. The lowest BCUT2D eigenvalue weighted by atomic mass is 10.00. The van der Waals surface area contributed by atoms with E-state index in [1.165, 1.54) is 33.8 Å². The molecule has 0 amide bonds. The van der Waals surface area contributed by atoms with E-state index in [0.29, 0.717) is 11.4 Å². The first-order valence-electron chi connectivity index (χ1n) is 15.0. The third-order valence-electron chi connectivity index (χ3n) is 6.32. The third-order valence-corrected chi connectivity index (χ3v) is 6.32. The van der Waals surface area contributed by atoms with Crippen molar-refractivity contribution in [3.8, 4) is 0 Å². The lowest BCUT2D eigenvalue weighted by Gasteiger charge is -2.04. The van der Waals surface area contributed by atoms with Crippen LogP contribution in [0.2, 0.25) is 0 Å². The minimum absolute atomic E-state index is 0.000741. The largest absolute Gasteiger partial charge is 0.477 e. The number of hydrogen-bond acceptors (Lipinski definition) is 8. The van der Waals surface area contributed by atoms with Gasteiger partial charge < -0.3 is 25.2 Å². The highest BCUT2D eigenvalue weighted by atomic mass is 16.4. The zero-order valence-electron chi connectivity index (χ0n) is 29.4. The van der Waals surface area contributed by atoms with Crippen LogP contribution in [-0.2, 0) is 19.2 Å². The van der Waals surface area contributed by atoms with Gasteiger partial charge in [0, 0.05) is 35.3 Å². The monoisotopic (exact) mass is 657 g/mol. The van der Waals surface area contributed by atoms with Crippen LogP contribution in [0.1, 0.15) is 117 Å². The zero-order chi connectivity index (χ0) is 37.0. The van der Waals surface area contributed by atoms with Crippen LogP contribution in [0, 0.1) is 32.6 Å². The number of carboxylic acid groups (broad SMARTS) is 1. The van der Waals surface area contributed by atoms with E-state index in [9.17, 15) is 33.6 Å². The molecule has 3 rings (SSSR count). The van der Waals surface area contributed by atoms with Gasteiger partial charge in [-0.3, -0.25) is 28.8 Å². The number of Topliss-reactive ketones (excluding diaryl/α,β-unsaturated/α-hetero) is 6. The highest BCUT2D eigenvalue weighted by Gasteiger charge is 2.15. The second-order valence-corrected chi connectivity index (χ2v) is 11.5. The number of aliphatic hydroxyl groups excluding tert-OH is 1. The molecule has 0 spiro atoms. The van der Waals surface area contributed by atoms with Crippen molar-refractivity contribution in [2.24, 2.45) is 11.8 Å². The van der Waals surface area contributed by atoms with Crippen molar-refractivity contribution in [1.82, 2.24) is 15.0 Å². The van der Waals surface area contributed by atoms with Crippen LogP contribution in [0.3, 0.4) is 0 Å². The van der Waals surface area contributed by atoms with Crippen LogP contribution in [0.15, 0.2) is 36.4 Å². The number of aromatic nitrogens is 3. The van der Waals surface area contributed by atoms with Gasteiger partial charge in [-0.1, -0.05) is 20.8 Å². The van der Waals surface area contributed by atoms with Gasteiger partial charge in [-0.05, 0) is 91.8 Å². The minimum Gasteiger partial charge on any atom is -0.477 e. The molecule has 0 aliphatic rings. The summed E-state index contributed by atoms with van der Waals surface area (Å²) in [5.41, 5.74) is 4.11. The minimum atomic E-state index is -0.914. The van der Waals surface area contributed by atoms with Crippen molar-refractivity contribution < 1.29 is 43.8 Å². The molecule has 0 aliphatic carbocycles. The van der Waals surface area contributed by atoms with Gasteiger partial charge in [0.05, 0.1) is 17.8 Å². The number of carbonyl (C=O) groups is 7. The molecule has 0 aliphatic heterocycles. The standard InChI is InChI=1S/C11H15NO2.C9H11NO2.C6H7NO2.C5H10O.C4H8O2/c1-7(9(3)13)6-11(14)10-5-4-8(2)12-10;1-6-3-4-8(10-6)9(12)5-7(2)11;1-4-2-3-5(7-4)6(8)9;1-4(2)5(3)6;1-3(5)4(2)6/h4-5,7,12H,6H2,1-3H3;3-4,10H,5H2,1-2H3;2-3,7H,1H3,(H,8,9);4H,1-3H3;3,5H,1-2H3/t7-;;;;3-/m1...1/s1. The van der Waals surface area contributed by atoms with Crippen molar-refractivity contribution in [2.45, 2.75) is 95.1 Å². The molecule has 5 N–H and O–H groups in total. The van der Waals surface area contributed by atoms with E-state index in [1.54, 1.807) is 32.0 Å². The highest BCUT2D eigenvalue weighted by molar-refractivity contribution is 6.06. The van der Waals surface area contributed by atoms with E-state index in [4.69, 9.17) is 10.2 Å². The topological polar surface area (TPSA) is 207 Å². The van der Waals surface area contributed by atoms with E-state index in [1.807, 2.05) is 46.8 Å². The summed E-state index contributed by atoms with van der Waals surface area (Å²) in [6.45, 7) is 18.5. The first-order valence-corrected chi connectivity index (χ1v) is 15.0. The Bertz CT molecular complexity index is 1450. The third kappa shape index (κ3) is 21.6. The molecule has 0 bridgehead atoms. The van der Waals surface area contributed by atoms with Gasteiger partial charge in [0.1, 0.15) is 29.1 Å². The maximum atomic E-state index is 11.6. The van der Waals surface area contributed by atoms with Gasteiger partial charge in [-0.2, -0.15) is 0 Å². The molecule has 0 aromatic carbocycles. The number of rotatable bonds is 10. The van der Waals surface area contributed by atoms with Crippen LogP contribution < -0.4 is 0 Å². The van der Waals surface area contributed by atoms with E-state index in [-0.39, 0.29) is 65.1 Å². The number of aromatic amines is 3. The van der Waals surface area contributed by atoms with Crippen LogP contribution in [0.25, 0.3) is 0 Å². The number of aliphatic hydroxyl groups is 1. The Labute approximate surface area is 276 Å². The second-order valence-electron chi connectivity index (χ2n) is 11.5. The molecule has 3 aromatic rings. The molecular weight excluding hydrogens is 606 g/mol. The molecule has 2 atom stereocenters. The van der Waals surface area contributed by atoms with E-state index >= 15 is 0 Å². The molecule has 0 fully saturated rings. The zero-order valence-corrected chi connectivity index (χ0v) is 29.4. The Morgan fingerprint density at radius 3 is 1.15 bits per heavy atom. The summed E-state index contributed by atoms with van der Waals surface area (Å²) in [7, 11) is 0. The van der Waals surface area contributed by atoms with Crippen molar-refractivity contribution in [2.75, 3.05) is 0 Å². The average molecular weight is 658 g/mol. The van der Waals surface area contributed by atoms with Crippen LogP contribution >= 0.6 is 0 Å². The number of carboxylic acids is 1. The Hall–Kier alpha value is -4.71. The van der Waals surface area contributed by atoms with Crippen molar-refractivity contribution in [3.05, 3.63) is 70.6 Å². The van der Waals surface area contributed by atoms with Gasteiger partial charge in [0.2, 0.25) is 0 Å². The Balaban J connectivity index is 0. The number of nitrogens with one attached hydrogen (secondary N) is 3. The summed E-state index contributed by atoms with van der Waals surface area (Å²) in [5, 5.41) is 16.6. The van der Waals surface area contributed by atoms with Gasteiger partial charge in [-0.25, -0.2) is 4.79 Å². The molecule has 3 heterocycles. The summed E-state index contributed by atoms with van der Waals surface area (Å²) in [4.78, 5) is 83.1. The first kappa shape index (κ1) is 44.4. The van der Waals surface area contributed by atoms with Gasteiger partial charge in [0.25, 0.3) is 0 Å². The van der Waals surface area contributed by atoms with Crippen LogP contribution in [-0.4, -0.2) is 71.9 Å². The number of aryl methyl sites for hydroxylation is 3. The fraction of sp³-hybridized carbons (Fsp3) is 0.457. The number of aromatic carboxylic acids is 1. The molecule has 47 heavy (non-hydrogen) atoms. The number of carbonyl (C=O) groups excluding carboxylic acids is 6. The Morgan fingerprint density at radius 1 is 0.596 bits per heavy atom. The Morgan fingerprint density at radius 2 is 0.936 bits per heavy atom. The van der Waals surface area contributed by atoms with Crippen molar-refractivity contribution in [1.29, 1.82) is 0 Å². The maximum absolute atomic E-state index is 11.6. The smallest absolute Gasteiger partial charge is 0.352 e. The summed E-state index contributed by atoms with van der Waals surface area (Å²) in [6.07, 6.45) is -0.514. The summed E-state index contributed by atoms with van der Waals surface area (Å²) < 4.78 is 0. The molecule has 0 radical (unpaired) electrons. The molecule has 0 saturated heterocycles. The predicted molar refractivity (Wildman–Crippen MR) is 180 cm³/mol. The molecule has 12 heteroatoms. The molecular formula is C35H51N3O9.